The van der Waals surface area contributed by atoms with Crippen LogP contribution in [0.25, 0.3) is 10.6 Å². The van der Waals surface area contributed by atoms with Crippen LogP contribution in [-0.2, 0) is 11.3 Å². The molecule has 1 aliphatic rings. The van der Waals surface area contributed by atoms with Crippen molar-refractivity contribution in [2.24, 2.45) is 4.99 Å². The number of thiazole rings is 1. The Hall–Kier alpha value is -2.25. The van der Waals surface area contributed by atoms with Crippen LogP contribution >= 0.6 is 22.7 Å². The van der Waals surface area contributed by atoms with Gasteiger partial charge < -0.3 is 9.47 Å². The molecule has 0 unspecified atom stereocenters. The van der Waals surface area contributed by atoms with Crippen molar-refractivity contribution in [2.75, 3.05) is 13.1 Å². The highest BCUT2D eigenvalue weighted by molar-refractivity contribution is 7.14. The lowest BCUT2D eigenvalue weighted by Crippen LogP contribution is -2.27. The number of carbonyl (C=O) groups excluding carboxylic acids is 1. The lowest BCUT2D eigenvalue weighted by atomic mass is 10.3. The van der Waals surface area contributed by atoms with Crippen molar-refractivity contribution >= 4 is 34.3 Å². The van der Waals surface area contributed by atoms with Gasteiger partial charge in [0.2, 0.25) is 5.91 Å². The van der Waals surface area contributed by atoms with Gasteiger partial charge in [0.1, 0.15) is 5.82 Å². The lowest BCUT2D eigenvalue weighted by molar-refractivity contribution is -0.127. The summed E-state index contributed by atoms with van der Waals surface area (Å²) in [6.07, 6.45) is 2.53. The summed E-state index contributed by atoms with van der Waals surface area (Å²) in [5.74, 6) is 0.00239. The second-order valence-electron chi connectivity index (χ2n) is 6.46. The highest BCUT2D eigenvalue weighted by Crippen LogP contribution is 2.26. The molecule has 0 atom stereocenters. The SMILES string of the molecule is O=C1CCCN1CCCn1c(-c2cccs2)csc1=Nc1ccc(F)cc1. The van der Waals surface area contributed by atoms with E-state index in [1.54, 1.807) is 34.8 Å². The molecule has 140 valence electrons. The highest BCUT2D eigenvalue weighted by Gasteiger charge is 2.19. The van der Waals surface area contributed by atoms with Crippen LogP contribution < -0.4 is 4.80 Å². The van der Waals surface area contributed by atoms with E-state index in [1.807, 2.05) is 11.0 Å². The molecule has 0 saturated carbocycles. The van der Waals surface area contributed by atoms with Crippen molar-refractivity contribution in [3.05, 3.63) is 57.8 Å². The summed E-state index contributed by atoms with van der Waals surface area (Å²) >= 11 is 3.29. The van der Waals surface area contributed by atoms with E-state index in [0.717, 1.165) is 48.7 Å². The minimum atomic E-state index is -0.262. The van der Waals surface area contributed by atoms with Gasteiger partial charge in [0.25, 0.3) is 0 Å². The van der Waals surface area contributed by atoms with E-state index in [-0.39, 0.29) is 11.7 Å². The summed E-state index contributed by atoms with van der Waals surface area (Å²) < 4.78 is 15.4. The first-order valence-corrected chi connectivity index (χ1v) is 10.8. The van der Waals surface area contributed by atoms with Crippen molar-refractivity contribution in [3.8, 4) is 10.6 Å². The van der Waals surface area contributed by atoms with Gasteiger partial charge in [0, 0.05) is 31.4 Å². The van der Waals surface area contributed by atoms with Crippen LogP contribution in [0.2, 0.25) is 0 Å². The van der Waals surface area contributed by atoms with E-state index in [9.17, 15) is 9.18 Å². The summed E-state index contributed by atoms with van der Waals surface area (Å²) in [4.78, 5) is 20.6. The predicted octanol–water partition coefficient (Wildman–Crippen LogP) is 4.66. The van der Waals surface area contributed by atoms with Gasteiger partial charge in [0.05, 0.1) is 16.3 Å². The number of halogens is 1. The van der Waals surface area contributed by atoms with Crippen LogP contribution in [0.3, 0.4) is 0 Å². The zero-order chi connectivity index (χ0) is 18.6. The number of hydrogen-bond donors (Lipinski definition) is 0. The standard InChI is InChI=1S/C20H20FN3OS2/c21-15-6-8-16(9-7-15)22-20-24(12-3-11-23-10-1-5-19(23)25)17(14-27-20)18-4-2-13-26-18/h2,4,6-9,13-14H,1,3,5,10-12H2. The van der Waals surface area contributed by atoms with Gasteiger partial charge >= 0.3 is 0 Å². The number of benzene rings is 1. The first-order valence-electron chi connectivity index (χ1n) is 9.01. The molecule has 1 fully saturated rings. The Morgan fingerprint density at radius 2 is 1.96 bits per heavy atom. The van der Waals surface area contributed by atoms with Crippen LogP contribution in [-0.4, -0.2) is 28.5 Å². The number of likely N-dealkylation sites (tertiary alicyclic amines) is 1. The molecule has 7 heteroatoms. The van der Waals surface area contributed by atoms with Gasteiger partial charge in [0.15, 0.2) is 4.80 Å². The third kappa shape index (κ3) is 4.20. The van der Waals surface area contributed by atoms with E-state index in [2.05, 4.69) is 21.4 Å². The van der Waals surface area contributed by atoms with E-state index < -0.39 is 0 Å². The fraction of sp³-hybridized carbons (Fsp3) is 0.300. The Kier molecular flexibility index (Phi) is 5.50. The summed E-state index contributed by atoms with van der Waals surface area (Å²) in [7, 11) is 0. The average molecular weight is 402 g/mol. The van der Waals surface area contributed by atoms with Crippen molar-refractivity contribution in [2.45, 2.75) is 25.8 Å². The Morgan fingerprint density at radius 1 is 1.11 bits per heavy atom. The minimum absolute atomic E-state index is 0.262. The summed E-state index contributed by atoms with van der Waals surface area (Å²) in [6, 6.07) is 10.4. The Morgan fingerprint density at radius 3 is 2.67 bits per heavy atom. The molecule has 2 aromatic heterocycles. The first kappa shape index (κ1) is 18.1. The second-order valence-corrected chi connectivity index (χ2v) is 8.24. The van der Waals surface area contributed by atoms with Crippen LogP contribution in [0.15, 0.2) is 52.2 Å². The number of nitrogens with zero attached hydrogens (tertiary/aromatic N) is 3. The van der Waals surface area contributed by atoms with Crippen molar-refractivity contribution in [1.29, 1.82) is 0 Å². The van der Waals surface area contributed by atoms with Crippen LogP contribution in [0, 0.1) is 5.82 Å². The number of carbonyl (C=O) groups is 1. The molecule has 4 nitrogen and oxygen atoms in total. The molecule has 0 radical (unpaired) electrons. The van der Waals surface area contributed by atoms with Gasteiger partial charge in [-0.3, -0.25) is 4.79 Å². The van der Waals surface area contributed by atoms with Gasteiger partial charge in [-0.2, -0.15) is 0 Å². The fourth-order valence-corrected chi connectivity index (χ4v) is 5.01. The minimum Gasteiger partial charge on any atom is -0.343 e. The van der Waals surface area contributed by atoms with E-state index >= 15 is 0 Å². The molecule has 0 bridgehead atoms. The second kappa shape index (κ2) is 8.19. The van der Waals surface area contributed by atoms with E-state index in [4.69, 9.17) is 4.99 Å². The predicted molar refractivity (Wildman–Crippen MR) is 108 cm³/mol. The van der Waals surface area contributed by atoms with Gasteiger partial charge in [-0.15, -0.1) is 22.7 Å². The van der Waals surface area contributed by atoms with Gasteiger partial charge in [-0.1, -0.05) is 6.07 Å². The molecular formula is C20H20FN3OS2. The number of amides is 1. The van der Waals surface area contributed by atoms with Gasteiger partial charge in [-0.25, -0.2) is 9.38 Å². The molecule has 1 amide bonds. The molecule has 0 aliphatic carbocycles. The van der Waals surface area contributed by atoms with E-state index in [0.29, 0.717) is 6.42 Å². The first-order chi connectivity index (χ1) is 13.2. The summed E-state index contributed by atoms with van der Waals surface area (Å²) in [5, 5.41) is 4.19. The molecule has 27 heavy (non-hydrogen) atoms. The molecule has 1 aliphatic heterocycles. The maximum atomic E-state index is 13.2. The Labute approximate surface area is 165 Å². The lowest BCUT2D eigenvalue weighted by Gasteiger charge is -2.16. The average Bonchev–Trinajstić information content (AvgIpc) is 3.40. The smallest absolute Gasteiger partial charge is 0.222 e. The Bertz CT molecular complexity index is 974. The zero-order valence-corrected chi connectivity index (χ0v) is 16.4. The third-order valence-corrected chi connectivity index (χ3v) is 6.36. The third-order valence-electron chi connectivity index (χ3n) is 4.60. The van der Waals surface area contributed by atoms with Crippen LogP contribution in [0.4, 0.5) is 10.1 Å². The van der Waals surface area contributed by atoms with Crippen molar-refractivity contribution in [1.82, 2.24) is 9.47 Å². The summed E-state index contributed by atoms with van der Waals surface area (Å²) in [6.45, 7) is 2.44. The quantitative estimate of drug-likeness (QED) is 0.592. The van der Waals surface area contributed by atoms with Crippen LogP contribution in [0.5, 0.6) is 0 Å². The molecule has 3 heterocycles. The maximum absolute atomic E-state index is 13.2. The molecule has 4 rings (SSSR count). The zero-order valence-electron chi connectivity index (χ0n) is 14.8. The topological polar surface area (TPSA) is 37.6 Å². The van der Waals surface area contributed by atoms with E-state index in [1.165, 1.54) is 17.0 Å². The van der Waals surface area contributed by atoms with Gasteiger partial charge in [-0.05, 0) is 48.6 Å². The molecule has 3 aromatic rings. The molecule has 0 N–H and O–H groups in total. The number of hydrogen-bond acceptors (Lipinski definition) is 4. The normalized spacial score (nSPS) is 15.1. The van der Waals surface area contributed by atoms with Crippen LogP contribution in [0.1, 0.15) is 19.3 Å². The number of aromatic nitrogens is 1. The molecular weight excluding hydrogens is 381 g/mol. The van der Waals surface area contributed by atoms with Crippen molar-refractivity contribution in [3.63, 3.8) is 0 Å². The largest absolute Gasteiger partial charge is 0.343 e. The number of rotatable bonds is 6. The number of thiophene rings is 1. The fourth-order valence-electron chi connectivity index (χ4n) is 3.24. The molecule has 0 spiro atoms. The molecule has 1 aromatic carbocycles. The van der Waals surface area contributed by atoms with Crippen molar-refractivity contribution < 1.29 is 9.18 Å². The molecule has 1 saturated heterocycles. The highest BCUT2D eigenvalue weighted by atomic mass is 32.1. The monoisotopic (exact) mass is 401 g/mol. The maximum Gasteiger partial charge on any atom is 0.222 e. The summed E-state index contributed by atoms with van der Waals surface area (Å²) in [5.41, 5.74) is 1.88. The Balaban J connectivity index is 1.61.